The third-order valence-electron chi connectivity index (χ3n) is 3.87. The molecule has 1 amide bonds. The predicted octanol–water partition coefficient (Wildman–Crippen LogP) is 1.30. The van der Waals surface area contributed by atoms with Crippen LogP contribution in [-0.4, -0.2) is 18.5 Å². The van der Waals surface area contributed by atoms with Crippen molar-refractivity contribution in [3.8, 4) is 5.75 Å². The number of carbonyl (C=O) groups is 2. The van der Waals surface area contributed by atoms with Crippen molar-refractivity contribution in [1.29, 1.82) is 0 Å². The number of hydrogen-bond donors (Lipinski definition) is 1. The van der Waals surface area contributed by atoms with Gasteiger partial charge in [-0.05, 0) is 58.8 Å². The van der Waals surface area contributed by atoms with Gasteiger partial charge in [-0.15, -0.1) is 0 Å². The van der Waals surface area contributed by atoms with Gasteiger partial charge in [-0.1, -0.05) is 23.2 Å². The number of hydrogen-bond acceptors (Lipinski definition) is 5. The maximum Gasteiger partial charge on any atom is 1.00 e. The molecule has 3 aromatic rings. The summed E-state index contributed by atoms with van der Waals surface area (Å²) < 4.78 is 5.61. The van der Waals surface area contributed by atoms with Crippen LogP contribution in [0.25, 0.3) is 0 Å². The van der Waals surface area contributed by atoms with Gasteiger partial charge < -0.3 is 20.0 Å². The molecule has 0 spiro atoms. The van der Waals surface area contributed by atoms with E-state index < -0.39 is 11.9 Å². The monoisotopic (exact) mass is 441 g/mol. The third-order valence-corrected chi connectivity index (χ3v) is 5.15. The molecule has 1 heterocycles. The molecule has 0 bridgehead atoms. The van der Waals surface area contributed by atoms with Crippen molar-refractivity contribution in [2.75, 3.05) is 11.9 Å². The Bertz CT molecular complexity index is 1010. The molecule has 144 valence electrons. The van der Waals surface area contributed by atoms with Crippen molar-refractivity contribution in [3.63, 3.8) is 0 Å². The molecule has 2 aromatic carbocycles. The van der Waals surface area contributed by atoms with Crippen molar-refractivity contribution >= 4 is 52.1 Å². The number of benzene rings is 2. The van der Waals surface area contributed by atoms with E-state index >= 15 is 0 Å². The summed E-state index contributed by atoms with van der Waals surface area (Å²) in [5.74, 6) is -1.62. The van der Waals surface area contributed by atoms with Gasteiger partial charge in [-0.25, -0.2) is 0 Å². The molecule has 0 saturated heterocycles. The Morgan fingerprint density at radius 3 is 2.52 bits per heavy atom. The molecular weight excluding hydrogens is 428 g/mol. The molecule has 29 heavy (non-hydrogen) atoms. The number of rotatable bonds is 7. The summed E-state index contributed by atoms with van der Waals surface area (Å²) in [6, 6.07) is 10.8. The van der Waals surface area contributed by atoms with Crippen LogP contribution in [0.3, 0.4) is 0 Å². The van der Waals surface area contributed by atoms with Gasteiger partial charge in [0.25, 0.3) is 5.91 Å². The fraction of sp³-hybridized carbons (Fsp3) is 0.100. The van der Waals surface area contributed by atoms with E-state index in [1.165, 1.54) is 30.3 Å². The van der Waals surface area contributed by atoms with Gasteiger partial charge in [0.2, 0.25) is 0 Å². The molecule has 0 aliphatic heterocycles. The average molecular weight is 442 g/mol. The van der Waals surface area contributed by atoms with E-state index in [0.29, 0.717) is 23.8 Å². The summed E-state index contributed by atoms with van der Waals surface area (Å²) in [6.07, 6.45) is 0.706. The van der Waals surface area contributed by atoms with E-state index in [4.69, 9.17) is 27.9 Å². The summed E-state index contributed by atoms with van der Waals surface area (Å²) in [5, 5.41) is 18.6. The van der Waals surface area contributed by atoms with E-state index in [1.807, 2.05) is 16.8 Å². The van der Waals surface area contributed by atoms with Crippen molar-refractivity contribution in [3.05, 3.63) is 80.0 Å². The van der Waals surface area contributed by atoms with Crippen LogP contribution in [0.15, 0.2) is 53.2 Å². The smallest absolute Gasteiger partial charge is 0.545 e. The molecule has 0 radical (unpaired) electrons. The molecule has 1 aromatic heterocycles. The number of halogens is 2. The van der Waals surface area contributed by atoms with E-state index in [0.717, 1.165) is 5.56 Å². The van der Waals surface area contributed by atoms with Crippen LogP contribution >= 0.6 is 34.5 Å². The Morgan fingerprint density at radius 1 is 1.07 bits per heavy atom. The van der Waals surface area contributed by atoms with Gasteiger partial charge in [-0.3, -0.25) is 4.79 Å². The second-order valence-corrected chi connectivity index (χ2v) is 7.43. The van der Waals surface area contributed by atoms with Crippen LogP contribution in [0.5, 0.6) is 5.75 Å². The summed E-state index contributed by atoms with van der Waals surface area (Å²) in [7, 11) is 0. The minimum atomic E-state index is -1.43. The number of carbonyl (C=O) groups excluding carboxylic acids is 2. The van der Waals surface area contributed by atoms with Crippen molar-refractivity contribution in [1.82, 2.24) is 0 Å². The second-order valence-electron chi connectivity index (χ2n) is 5.80. The fourth-order valence-electron chi connectivity index (χ4n) is 2.48. The molecule has 0 atom stereocenters. The van der Waals surface area contributed by atoms with Gasteiger partial charge in [0.05, 0.1) is 28.8 Å². The van der Waals surface area contributed by atoms with E-state index in [9.17, 15) is 14.7 Å². The summed E-state index contributed by atoms with van der Waals surface area (Å²) in [4.78, 5) is 23.9. The summed E-state index contributed by atoms with van der Waals surface area (Å²) in [5.41, 5.74) is 1.22. The van der Waals surface area contributed by atoms with Crippen LogP contribution in [0.1, 0.15) is 26.3 Å². The minimum absolute atomic E-state index is 0. The van der Waals surface area contributed by atoms with E-state index in [-0.39, 0.29) is 40.7 Å². The molecule has 9 heteroatoms. The van der Waals surface area contributed by atoms with E-state index in [1.54, 1.807) is 17.4 Å². The number of thiophene rings is 1. The number of nitrogens with one attached hydrogen (secondary N) is 1. The number of aromatic carboxylic acids is 1. The summed E-state index contributed by atoms with van der Waals surface area (Å²) >= 11 is 13.5. The first kappa shape index (κ1) is 23.3. The Hall–Kier alpha value is -1.94. The Labute approximate surface area is 193 Å². The molecule has 0 saturated carbocycles. The second kappa shape index (κ2) is 10.7. The zero-order valence-electron chi connectivity index (χ0n) is 15.4. The van der Waals surface area contributed by atoms with Crippen molar-refractivity contribution in [2.24, 2.45) is 0 Å². The molecule has 0 aliphatic rings. The minimum Gasteiger partial charge on any atom is -0.545 e. The van der Waals surface area contributed by atoms with Gasteiger partial charge in [-0.2, -0.15) is 11.3 Å². The van der Waals surface area contributed by atoms with Crippen molar-refractivity contribution in [2.45, 2.75) is 6.42 Å². The average Bonchev–Trinajstić information content (AvgIpc) is 3.16. The largest absolute Gasteiger partial charge is 1.00 e. The first-order valence-corrected chi connectivity index (χ1v) is 9.89. The molecule has 0 unspecified atom stereocenters. The zero-order valence-corrected chi connectivity index (χ0v) is 17.7. The van der Waals surface area contributed by atoms with Crippen LogP contribution in [0, 0.1) is 0 Å². The van der Waals surface area contributed by atoms with Crippen LogP contribution in [0.4, 0.5) is 5.69 Å². The van der Waals surface area contributed by atoms with E-state index in [2.05, 4.69) is 5.32 Å². The van der Waals surface area contributed by atoms with Gasteiger partial charge in [0, 0.05) is 17.0 Å². The number of carboxylic acid groups (broad SMARTS) is 1. The standard InChI is InChI=1S/C20H15Cl2NO4S.Li/c21-13-1-3-15(17(22)9-13)19(24)23-18-4-2-14(10-16(18)20(25)26)27-7-5-12-6-8-28-11-12;/h1-4,6,8-11H,5,7H2,(H,23,24)(H,25,26);/q;+1/p-1. The molecular formula is C20H14Cl2LiNO4S. The SMILES string of the molecule is O=C(Nc1ccc(OCCc2ccsc2)cc1C(=O)[O-])c1ccc(Cl)cc1Cl.[Li+]. The van der Waals surface area contributed by atoms with Crippen molar-refractivity contribution < 1.29 is 38.3 Å². The summed E-state index contributed by atoms with van der Waals surface area (Å²) in [6.45, 7) is 0.398. The number of amides is 1. The Morgan fingerprint density at radius 2 is 1.86 bits per heavy atom. The Kier molecular flexibility index (Phi) is 8.63. The van der Waals surface area contributed by atoms with Gasteiger partial charge in [0.15, 0.2) is 0 Å². The fourth-order valence-corrected chi connectivity index (χ4v) is 3.67. The number of carboxylic acids is 1. The molecule has 0 aliphatic carbocycles. The van der Waals surface area contributed by atoms with Crippen LogP contribution < -0.4 is 34.0 Å². The van der Waals surface area contributed by atoms with Crippen LogP contribution in [-0.2, 0) is 6.42 Å². The topological polar surface area (TPSA) is 78.5 Å². The molecule has 5 nitrogen and oxygen atoms in total. The first-order valence-electron chi connectivity index (χ1n) is 8.19. The molecule has 3 rings (SSSR count). The van der Waals surface area contributed by atoms with Gasteiger partial charge in [0.1, 0.15) is 5.75 Å². The third kappa shape index (κ3) is 6.27. The van der Waals surface area contributed by atoms with Crippen LogP contribution in [0.2, 0.25) is 10.0 Å². The number of ether oxygens (including phenoxy) is 1. The normalized spacial score (nSPS) is 10.1. The predicted molar refractivity (Wildman–Crippen MR) is 109 cm³/mol. The zero-order chi connectivity index (χ0) is 20.1. The van der Waals surface area contributed by atoms with Gasteiger partial charge >= 0.3 is 18.9 Å². The number of anilines is 1. The first-order chi connectivity index (χ1) is 13.4. The molecule has 0 fully saturated rings. The molecule has 1 N–H and O–H groups in total. The quantitative estimate of drug-likeness (QED) is 0.560. The maximum absolute atomic E-state index is 12.4. The Balaban J connectivity index is 0.00000300. The maximum atomic E-state index is 12.4.